The van der Waals surface area contributed by atoms with Crippen LogP contribution in [0.3, 0.4) is 0 Å². The number of carbonyl (C=O) groups excluding carboxylic acids is 2. The number of hydrogen-bond donors (Lipinski definition) is 1. The lowest BCUT2D eigenvalue weighted by Gasteiger charge is -2.14. The van der Waals surface area contributed by atoms with Crippen LogP contribution in [0.2, 0.25) is 0 Å². The van der Waals surface area contributed by atoms with Crippen LogP contribution in [0.1, 0.15) is 56.8 Å². The van der Waals surface area contributed by atoms with Gasteiger partial charge in [-0.1, -0.05) is 25.7 Å². The summed E-state index contributed by atoms with van der Waals surface area (Å²) in [6.45, 7) is 5.32. The SMILES string of the molecule is Cc1nn(C)c(C)c1NC(=O)C(C)OC(=O)CCC1CCCC1. The van der Waals surface area contributed by atoms with E-state index in [4.69, 9.17) is 4.74 Å². The molecule has 0 saturated heterocycles. The van der Waals surface area contributed by atoms with Crippen LogP contribution in [-0.2, 0) is 21.4 Å². The van der Waals surface area contributed by atoms with Crippen molar-refractivity contribution < 1.29 is 14.3 Å². The molecular formula is C17H27N3O3. The molecule has 128 valence electrons. The quantitative estimate of drug-likeness (QED) is 0.818. The van der Waals surface area contributed by atoms with Gasteiger partial charge in [-0.15, -0.1) is 0 Å². The lowest BCUT2D eigenvalue weighted by molar-refractivity contribution is -0.153. The van der Waals surface area contributed by atoms with Crippen LogP contribution in [0.5, 0.6) is 0 Å². The lowest BCUT2D eigenvalue weighted by atomic mass is 10.0. The molecule has 0 aromatic carbocycles. The Morgan fingerprint density at radius 3 is 2.57 bits per heavy atom. The highest BCUT2D eigenvalue weighted by atomic mass is 16.5. The first kappa shape index (κ1) is 17.5. The second kappa shape index (κ2) is 7.62. The first-order valence-corrected chi connectivity index (χ1v) is 8.39. The predicted molar refractivity (Wildman–Crippen MR) is 88.1 cm³/mol. The van der Waals surface area contributed by atoms with E-state index in [0.717, 1.165) is 17.8 Å². The van der Waals surface area contributed by atoms with Crippen molar-refractivity contribution in [2.75, 3.05) is 5.32 Å². The summed E-state index contributed by atoms with van der Waals surface area (Å²) in [5, 5.41) is 7.05. The number of ether oxygens (including phenoxy) is 1. The number of amides is 1. The number of rotatable bonds is 6. The molecule has 0 radical (unpaired) electrons. The topological polar surface area (TPSA) is 73.2 Å². The Hall–Kier alpha value is -1.85. The molecule has 1 N–H and O–H groups in total. The van der Waals surface area contributed by atoms with E-state index in [1.807, 2.05) is 20.9 Å². The zero-order chi connectivity index (χ0) is 17.0. The Kier molecular flexibility index (Phi) is 5.80. The van der Waals surface area contributed by atoms with Crippen molar-refractivity contribution in [3.05, 3.63) is 11.4 Å². The predicted octanol–water partition coefficient (Wildman–Crippen LogP) is 2.88. The number of hydrogen-bond acceptors (Lipinski definition) is 4. The van der Waals surface area contributed by atoms with Crippen molar-refractivity contribution in [3.63, 3.8) is 0 Å². The zero-order valence-corrected chi connectivity index (χ0v) is 14.5. The molecule has 0 spiro atoms. The number of esters is 1. The van der Waals surface area contributed by atoms with Gasteiger partial charge in [-0.05, 0) is 33.1 Å². The Labute approximate surface area is 137 Å². The molecule has 23 heavy (non-hydrogen) atoms. The molecule has 1 aromatic rings. The first-order valence-electron chi connectivity index (χ1n) is 8.39. The minimum absolute atomic E-state index is 0.292. The van der Waals surface area contributed by atoms with E-state index < -0.39 is 6.10 Å². The van der Waals surface area contributed by atoms with Crippen LogP contribution in [-0.4, -0.2) is 27.8 Å². The minimum Gasteiger partial charge on any atom is -0.453 e. The van der Waals surface area contributed by atoms with Crippen LogP contribution in [0.4, 0.5) is 5.69 Å². The molecule has 0 aliphatic heterocycles. The van der Waals surface area contributed by atoms with Gasteiger partial charge in [0, 0.05) is 13.5 Å². The Bertz CT molecular complexity index is 574. The summed E-state index contributed by atoms with van der Waals surface area (Å²) in [5.74, 6) is 0.0324. The van der Waals surface area contributed by atoms with Gasteiger partial charge in [0.1, 0.15) is 0 Å². The summed E-state index contributed by atoms with van der Waals surface area (Å²) in [7, 11) is 1.82. The summed E-state index contributed by atoms with van der Waals surface area (Å²) in [4.78, 5) is 24.1. The average Bonchev–Trinajstić information content (AvgIpc) is 3.09. The third-order valence-electron chi connectivity index (χ3n) is 4.67. The van der Waals surface area contributed by atoms with Gasteiger partial charge in [-0.25, -0.2) is 0 Å². The van der Waals surface area contributed by atoms with Gasteiger partial charge in [-0.2, -0.15) is 5.10 Å². The molecule has 0 bridgehead atoms. The third kappa shape index (κ3) is 4.56. The van der Waals surface area contributed by atoms with E-state index in [-0.39, 0.29) is 11.9 Å². The van der Waals surface area contributed by atoms with E-state index in [9.17, 15) is 9.59 Å². The molecule has 1 unspecified atom stereocenters. The fraction of sp³-hybridized carbons (Fsp3) is 0.706. The van der Waals surface area contributed by atoms with E-state index >= 15 is 0 Å². The molecule has 1 fully saturated rings. The number of aromatic nitrogens is 2. The third-order valence-corrected chi connectivity index (χ3v) is 4.67. The van der Waals surface area contributed by atoms with Gasteiger partial charge >= 0.3 is 5.97 Å². The van der Waals surface area contributed by atoms with E-state index in [2.05, 4.69) is 10.4 Å². The number of nitrogens with one attached hydrogen (secondary N) is 1. The van der Waals surface area contributed by atoms with Crippen LogP contribution in [0.15, 0.2) is 0 Å². The van der Waals surface area contributed by atoms with E-state index in [1.165, 1.54) is 25.7 Å². The van der Waals surface area contributed by atoms with Crippen molar-refractivity contribution in [1.82, 2.24) is 9.78 Å². The largest absolute Gasteiger partial charge is 0.453 e. The fourth-order valence-electron chi connectivity index (χ4n) is 3.11. The summed E-state index contributed by atoms with van der Waals surface area (Å²) >= 11 is 0. The van der Waals surface area contributed by atoms with Crippen molar-refractivity contribution in [2.45, 2.75) is 65.4 Å². The van der Waals surface area contributed by atoms with Gasteiger partial charge in [0.2, 0.25) is 0 Å². The molecule has 1 aromatic heterocycles. The number of carbonyl (C=O) groups is 2. The van der Waals surface area contributed by atoms with Gasteiger partial charge in [0.15, 0.2) is 6.10 Å². The molecule has 2 rings (SSSR count). The zero-order valence-electron chi connectivity index (χ0n) is 14.5. The number of aryl methyl sites for hydroxylation is 2. The molecule has 1 amide bonds. The minimum atomic E-state index is -0.801. The summed E-state index contributed by atoms with van der Waals surface area (Å²) in [6.07, 6.45) is 5.42. The average molecular weight is 321 g/mol. The Morgan fingerprint density at radius 2 is 2.00 bits per heavy atom. The molecular weight excluding hydrogens is 294 g/mol. The lowest BCUT2D eigenvalue weighted by Crippen LogP contribution is -2.30. The molecule has 6 heteroatoms. The van der Waals surface area contributed by atoms with Crippen molar-refractivity contribution in [1.29, 1.82) is 0 Å². The summed E-state index contributed by atoms with van der Waals surface area (Å²) in [5.41, 5.74) is 2.31. The Balaban J connectivity index is 1.80. The van der Waals surface area contributed by atoms with Crippen molar-refractivity contribution in [3.8, 4) is 0 Å². The Morgan fingerprint density at radius 1 is 1.35 bits per heavy atom. The van der Waals surface area contributed by atoms with Crippen LogP contribution in [0.25, 0.3) is 0 Å². The van der Waals surface area contributed by atoms with Gasteiger partial charge < -0.3 is 10.1 Å². The molecule has 1 atom stereocenters. The fourth-order valence-corrected chi connectivity index (χ4v) is 3.11. The smallest absolute Gasteiger partial charge is 0.306 e. The second-order valence-corrected chi connectivity index (χ2v) is 6.48. The highest BCUT2D eigenvalue weighted by Gasteiger charge is 2.22. The summed E-state index contributed by atoms with van der Waals surface area (Å²) < 4.78 is 6.96. The standard InChI is InChI=1S/C17H27N3O3/c1-11-16(12(2)20(4)19-11)18-17(22)13(3)23-15(21)10-9-14-7-5-6-8-14/h13-14H,5-10H2,1-4H3,(H,18,22). The number of nitrogens with zero attached hydrogens (tertiary/aromatic N) is 2. The normalized spacial score (nSPS) is 16.3. The molecule has 1 aliphatic carbocycles. The summed E-state index contributed by atoms with van der Waals surface area (Å²) in [6, 6.07) is 0. The number of anilines is 1. The maximum atomic E-state index is 12.2. The van der Waals surface area contributed by atoms with Crippen molar-refractivity contribution in [2.24, 2.45) is 13.0 Å². The van der Waals surface area contributed by atoms with E-state index in [1.54, 1.807) is 11.6 Å². The molecule has 6 nitrogen and oxygen atoms in total. The van der Waals surface area contributed by atoms with E-state index in [0.29, 0.717) is 18.0 Å². The van der Waals surface area contributed by atoms with Gasteiger partial charge in [0.25, 0.3) is 5.91 Å². The van der Waals surface area contributed by atoms with Crippen LogP contribution in [0, 0.1) is 19.8 Å². The first-order chi connectivity index (χ1) is 10.9. The molecule has 1 heterocycles. The second-order valence-electron chi connectivity index (χ2n) is 6.48. The van der Waals surface area contributed by atoms with Crippen LogP contribution >= 0.6 is 0 Å². The monoisotopic (exact) mass is 321 g/mol. The van der Waals surface area contributed by atoms with Crippen molar-refractivity contribution >= 4 is 17.6 Å². The van der Waals surface area contributed by atoms with Crippen LogP contribution < -0.4 is 5.32 Å². The maximum absolute atomic E-state index is 12.2. The molecule has 1 saturated carbocycles. The highest BCUT2D eigenvalue weighted by molar-refractivity contribution is 5.96. The molecule has 1 aliphatic rings. The van der Waals surface area contributed by atoms with Gasteiger partial charge in [-0.3, -0.25) is 14.3 Å². The maximum Gasteiger partial charge on any atom is 0.306 e. The highest BCUT2D eigenvalue weighted by Crippen LogP contribution is 2.28. The van der Waals surface area contributed by atoms with Gasteiger partial charge in [0.05, 0.1) is 17.1 Å².